The third-order valence-corrected chi connectivity index (χ3v) is 4.51. The maximum atomic E-state index is 12.2. The van der Waals surface area contributed by atoms with Gasteiger partial charge in [-0.3, -0.25) is 4.79 Å². The molecule has 2 aromatic carbocycles. The number of hydrogen-bond donors (Lipinski definition) is 2. The fraction of sp³-hybridized carbons (Fsp3) is 0.133. The Hall–Kier alpha value is -2.34. The van der Waals surface area contributed by atoms with Crippen molar-refractivity contribution in [3.05, 3.63) is 59.7 Å². The molecule has 0 aromatic heterocycles. The van der Waals surface area contributed by atoms with Gasteiger partial charge in [0, 0.05) is 5.69 Å². The van der Waals surface area contributed by atoms with Gasteiger partial charge in [-0.05, 0) is 36.2 Å². The van der Waals surface area contributed by atoms with Crippen molar-refractivity contribution >= 4 is 21.6 Å². The second-order valence-corrected chi connectivity index (χ2v) is 6.36. The molecule has 0 fully saturated rings. The zero-order valence-electron chi connectivity index (χ0n) is 11.5. The monoisotopic (exact) mass is 304 g/mol. The zero-order chi connectivity index (χ0) is 15.5. The van der Waals surface area contributed by atoms with Gasteiger partial charge in [0.15, 0.2) is 0 Å². The average molecular weight is 304 g/mol. The summed E-state index contributed by atoms with van der Waals surface area (Å²) < 4.78 is 26.4. The van der Waals surface area contributed by atoms with Gasteiger partial charge in [0.1, 0.15) is 0 Å². The lowest BCUT2D eigenvalue weighted by molar-refractivity contribution is -0.118. The summed E-state index contributed by atoms with van der Waals surface area (Å²) in [6, 6.07) is 13.2. The van der Waals surface area contributed by atoms with E-state index in [2.05, 4.69) is 4.72 Å². The van der Waals surface area contributed by atoms with Crippen LogP contribution in [0, 0.1) is 6.92 Å². The van der Waals surface area contributed by atoms with E-state index in [9.17, 15) is 13.2 Å². The molecule has 6 heteroatoms. The maximum absolute atomic E-state index is 12.2. The number of anilines is 1. The molecule has 0 bridgehead atoms. The average Bonchev–Trinajstić information content (AvgIpc) is 2.41. The van der Waals surface area contributed by atoms with E-state index in [0.29, 0.717) is 16.8 Å². The van der Waals surface area contributed by atoms with Gasteiger partial charge in [-0.2, -0.15) is 0 Å². The lowest BCUT2D eigenvalue weighted by atomic mass is 10.1. The first-order valence-electron chi connectivity index (χ1n) is 6.34. The number of nitrogens with two attached hydrogens (primary N) is 1. The number of rotatable bonds is 4. The van der Waals surface area contributed by atoms with Gasteiger partial charge in [-0.15, -0.1) is 0 Å². The molecule has 3 N–H and O–H groups in total. The Balaban J connectivity index is 2.12. The summed E-state index contributed by atoms with van der Waals surface area (Å²) in [7, 11) is -3.84. The van der Waals surface area contributed by atoms with Crippen molar-refractivity contribution in [2.45, 2.75) is 18.2 Å². The molecule has 0 spiro atoms. The number of carbonyl (C=O) groups excluding carboxylic acids is 1. The Morgan fingerprint density at radius 3 is 2.33 bits per heavy atom. The number of benzene rings is 2. The van der Waals surface area contributed by atoms with E-state index in [0.717, 1.165) is 0 Å². The van der Waals surface area contributed by atoms with Crippen LogP contribution in [0.3, 0.4) is 0 Å². The van der Waals surface area contributed by atoms with Crippen molar-refractivity contribution in [1.82, 2.24) is 4.72 Å². The molecule has 0 aliphatic carbocycles. The number of amides is 1. The number of nitrogen functional groups attached to an aromatic ring is 1. The first-order chi connectivity index (χ1) is 9.88. The van der Waals surface area contributed by atoms with Gasteiger partial charge in [0.05, 0.1) is 11.3 Å². The van der Waals surface area contributed by atoms with Gasteiger partial charge in [-0.1, -0.05) is 30.3 Å². The number of sulfonamides is 1. The molecule has 110 valence electrons. The van der Waals surface area contributed by atoms with Gasteiger partial charge in [0.2, 0.25) is 5.91 Å². The number of nitrogens with one attached hydrogen (secondary N) is 1. The van der Waals surface area contributed by atoms with Crippen LogP contribution in [0.2, 0.25) is 0 Å². The first-order valence-corrected chi connectivity index (χ1v) is 7.82. The molecule has 0 atom stereocenters. The third kappa shape index (κ3) is 3.82. The van der Waals surface area contributed by atoms with Crippen LogP contribution in [0.5, 0.6) is 0 Å². The maximum Gasteiger partial charge on any atom is 0.264 e. The van der Waals surface area contributed by atoms with E-state index in [4.69, 9.17) is 5.73 Å². The third-order valence-electron chi connectivity index (χ3n) is 2.98. The van der Waals surface area contributed by atoms with Crippen LogP contribution in [0.15, 0.2) is 53.4 Å². The van der Waals surface area contributed by atoms with Gasteiger partial charge in [-0.25, -0.2) is 13.1 Å². The number of carbonyl (C=O) groups is 1. The van der Waals surface area contributed by atoms with E-state index in [1.54, 1.807) is 49.4 Å². The molecule has 0 aliphatic rings. The van der Waals surface area contributed by atoms with Crippen LogP contribution in [-0.4, -0.2) is 14.3 Å². The summed E-state index contributed by atoms with van der Waals surface area (Å²) in [5.74, 6) is -0.581. The van der Waals surface area contributed by atoms with Crippen LogP contribution in [0.25, 0.3) is 0 Å². The van der Waals surface area contributed by atoms with Crippen LogP contribution in [-0.2, 0) is 21.2 Å². The summed E-state index contributed by atoms with van der Waals surface area (Å²) in [6.07, 6.45) is -0.0224. The predicted molar refractivity (Wildman–Crippen MR) is 81.1 cm³/mol. The second kappa shape index (κ2) is 5.97. The summed E-state index contributed by atoms with van der Waals surface area (Å²) >= 11 is 0. The second-order valence-electron chi connectivity index (χ2n) is 4.71. The summed E-state index contributed by atoms with van der Waals surface area (Å²) in [5.41, 5.74) is 7.43. The van der Waals surface area contributed by atoms with Gasteiger partial charge >= 0.3 is 0 Å². The normalized spacial score (nSPS) is 11.1. The largest absolute Gasteiger partial charge is 0.399 e. The van der Waals surface area contributed by atoms with Crippen molar-refractivity contribution in [2.75, 3.05) is 5.73 Å². The Labute approximate surface area is 123 Å². The molecule has 21 heavy (non-hydrogen) atoms. The highest BCUT2D eigenvalue weighted by atomic mass is 32.2. The lowest BCUT2D eigenvalue weighted by Gasteiger charge is -2.09. The van der Waals surface area contributed by atoms with Crippen molar-refractivity contribution in [1.29, 1.82) is 0 Å². The Morgan fingerprint density at radius 2 is 1.71 bits per heavy atom. The Morgan fingerprint density at radius 1 is 1.10 bits per heavy atom. The molecule has 0 radical (unpaired) electrons. The van der Waals surface area contributed by atoms with E-state index in [-0.39, 0.29) is 11.3 Å². The van der Waals surface area contributed by atoms with Gasteiger partial charge in [0.25, 0.3) is 10.0 Å². The zero-order valence-corrected chi connectivity index (χ0v) is 12.4. The smallest absolute Gasteiger partial charge is 0.264 e. The molecule has 2 aromatic rings. The van der Waals surface area contributed by atoms with E-state index in [1.165, 1.54) is 6.07 Å². The predicted octanol–water partition coefficient (Wildman–Crippen LogP) is 1.62. The molecule has 1 amide bonds. The van der Waals surface area contributed by atoms with Crippen molar-refractivity contribution in [3.8, 4) is 0 Å². The molecule has 0 saturated heterocycles. The molecule has 0 saturated carbocycles. The lowest BCUT2D eigenvalue weighted by Crippen LogP contribution is -2.32. The number of aryl methyl sites for hydroxylation is 1. The summed E-state index contributed by atoms with van der Waals surface area (Å²) in [5, 5.41) is 0. The molecular weight excluding hydrogens is 288 g/mol. The van der Waals surface area contributed by atoms with E-state index < -0.39 is 15.9 Å². The van der Waals surface area contributed by atoms with Crippen molar-refractivity contribution in [3.63, 3.8) is 0 Å². The minimum atomic E-state index is -3.84. The van der Waals surface area contributed by atoms with Crippen LogP contribution < -0.4 is 10.5 Å². The molecule has 5 nitrogen and oxygen atoms in total. The number of hydrogen-bond acceptors (Lipinski definition) is 4. The summed E-state index contributed by atoms with van der Waals surface area (Å²) in [6.45, 7) is 1.68. The highest BCUT2D eigenvalue weighted by Crippen LogP contribution is 2.14. The fourth-order valence-electron chi connectivity index (χ4n) is 1.92. The topological polar surface area (TPSA) is 89.3 Å². The fourth-order valence-corrected chi connectivity index (χ4v) is 3.15. The van der Waals surface area contributed by atoms with Crippen molar-refractivity contribution in [2.24, 2.45) is 0 Å². The SMILES string of the molecule is Cc1ccccc1S(=O)(=O)NC(=O)Cc1ccc(N)cc1. The van der Waals surface area contributed by atoms with E-state index in [1.807, 2.05) is 0 Å². The molecule has 0 heterocycles. The van der Waals surface area contributed by atoms with E-state index >= 15 is 0 Å². The Bertz CT molecular complexity index is 753. The Kier molecular flexibility index (Phi) is 4.28. The summed E-state index contributed by atoms with van der Waals surface area (Å²) in [4.78, 5) is 12.0. The molecule has 2 rings (SSSR count). The minimum absolute atomic E-state index is 0.0224. The quantitative estimate of drug-likeness (QED) is 0.840. The highest BCUT2D eigenvalue weighted by Gasteiger charge is 2.19. The molecular formula is C15H16N2O3S. The van der Waals surface area contributed by atoms with Gasteiger partial charge < -0.3 is 5.73 Å². The minimum Gasteiger partial charge on any atom is -0.399 e. The van der Waals surface area contributed by atoms with Crippen molar-refractivity contribution < 1.29 is 13.2 Å². The highest BCUT2D eigenvalue weighted by molar-refractivity contribution is 7.90. The van der Waals surface area contributed by atoms with Crippen LogP contribution in [0.4, 0.5) is 5.69 Å². The van der Waals surface area contributed by atoms with Crippen LogP contribution in [0.1, 0.15) is 11.1 Å². The first kappa shape index (κ1) is 15.1. The standard InChI is InChI=1S/C15H16N2O3S/c1-11-4-2-3-5-14(11)21(19,20)17-15(18)10-12-6-8-13(16)9-7-12/h2-9H,10,16H2,1H3,(H,17,18). The van der Waals surface area contributed by atoms with Crippen LogP contribution >= 0.6 is 0 Å². The molecule has 0 aliphatic heterocycles. The molecule has 0 unspecified atom stereocenters.